The highest BCUT2D eigenvalue weighted by Crippen LogP contribution is 2.32. The molecule has 1 N–H and O–H groups in total. The minimum absolute atomic E-state index is 0.0183. The van der Waals surface area contributed by atoms with Crippen LogP contribution in [0.3, 0.4) is 0 Å². The zero-order chi connectivity index (χ0) is 24.6. The Hall–Kier alpha value is -3.17. The molecule has 4 rings (SSSR count). The van der Waals surface area contributed by atoms with E-state index < -0.39 is 17.8 Å². The quantitative estimate of drug-likeness (QED) is 0.175. The van der Waals surface area contributed by atoms with E-state index >= 15 is 0 Å². The largest absolute Gasteiger partial charge is 0.423 e. The molecule has 0 spiro atoms. The van der Waals surface area contributed by atoms with Gasteiger partial charge in [-0.1, -0.05) is 29.3 Å². The van der Waals surface area contributed by atoms with Gasteiger partial charge in [-0.05, 0) is 103 Å². The molecule has 2 amide bonds. The highest BCUT2D eigenvalue weighted by Gasteiger charge is 2.39. The second-order valence-electron chi connectivity index (χ2n) is 7.93. The van der Waals surface area contributed by atoms with Crippen LogP contribution in [0.4, 0.5) is 11.4 Å². The Morgan fingerprint density at radius 1 is 0.912 bits per heavy atom. The number of anilines is 2. The maximum absolute atomic E-state index is 13.0. The summed E-state index contributed by atoms with van der Waals surface area (Å²) < 4.78 is 6.49. The van der Waals surface area contributed by atoms with Crippen LogP contribution < -0.4 is 15.0 Å². The first-order valence-electron chi connectivity index (χ1n) is 10.4. The van der Waals surface area contributed by atoms with Crippen LogP contribution in [0.25, 0.3) is 0 Å². The van der Waals surface area contributed by atoms with Gasteiger partial charge >= 0.3 is 5.97 Å². The summed E-state index contributed by atoms with van der Waals surface area (Å²) in [5.41, 5.74) is 4.03. The van der Waals surface area contributed by atoms with Gasteiger partial charge in [-0.15, -0.1) is 0 Å². The highest BCUT2D eigenvalue weighted by molar-refractivity contribution is 14.1. The number of hydrogen-bond donors (Lipinski definition) is 1. The third-order valence-corrected chi connectivity index (χ3v) is 6.37. The number of carbonyl (C=O) groups is 3. The molecule has 0 aliphatic carbocycles. The summed E-state index contributed by atoms with van der Waals surface area (Å²) in [6, 6.07) is 17.4. The molecular weight excluding hydrogens is 567 g/mol. The Morgan fingerprint density at radius 3 is 2.26 bits per heavy atom. The van der Waals surface area contributed by atoms with E-state index in [2.05, 4.69) is 27.9 Å². The highest BCUT2D eigenvalue weighted by atomic mass is 127. The van der Waals surface area contributed by atoms with Crippen molar-refractivity contribution < 1.29 is 19.1 Å². The molecule has 0 bridgehead atoms. The summed E-state index contributed by atoms with van der Waals surface area (Å²) in [7, 11) is 0. The van der Waals surface area contributed by atoms with Gasteiger partial charge in [0.2, 0.25) is 0 Å². The molecule has 0 aromatic heterocycles. The molecule has 3 aromatic carbocycles. The molecule has 0 atom stereocenters. The van der Waals surface area contributed by atoms with Crippen molar-refractivity contribution in [2.24, 2.45) is 0 Å². The number of nitrogens with zero attached hydrogens (tertiary/aromatic N) is 1. The lowest BCUT2D eigenvalue weighted by atomic mass is 10.1. The third-order valence-electron chi connectivity index (χ3n) is 5.35. The van der Waals surface area contributed by atoms with E-state index in [4.69, 9.17) is 16.3 Å². The van der Waals surface area contributed by atoms with Gasteiger partial charge in [-0.3, -0.25) is 9.59 Å². The molecule has 0 saturated carbocycles. The molecule has 0 fully saturated rings. The van der Waals surface area contributed by atoms with Crippen LogP contribution in [-0.4, -0.2) is 17.8 Å². The molecular formula is C26H20ClIN2O4. The predicted octanol–water partition coefficient (Wildman–Crippen LogP) is 5.87. The summed E-state index contributed by atoms with van der Waals surface area (Å²) in [5.74, 6) is -1.14. The molecule has 6 nitrogen and oxygen atoms in total. The number of ether oxygens (including phenoxy) is 1. The molecule has 1 aliphatic heterocycles. The third kappa shape index (κ3) is 4.71. The van der Waals surface area contributed by atoms with Gasteiger partial charge in [0.15, 0.2) is 0 Å². The number of nitrogens with one attached hydrogen (secondary N) is 1. The molecule has 172 valence electrons. The first kappa shape index (κ1) is 24.0. The summed E-state index contributed by atoms with van der Waals surface area (Å²) in [4.78, 5) is 39.4. The Labute approximate surface area is 215 Å². The van der Waals surface area contributed by atoms with Crippen molar-refractivity contribution in [2.75, 3.05) is 10.2 Å². The summed E-state index contributed by atoms with van der Waals surface area (Å²) in [6.45, 7) is 5.67. The van der Waals surface area contributed by atoms with Crippen molar-refractivity contribution in [3.05, 3.63) is 97.2 Å². The van der Waals surface area contributed by atoms with Gasteiger partial charge < -0.3 is 10.1 Å². The Morgan fingerprint density at radius 2 is 1.62 bits per heavy atom. The van der Waals surface area contributed by atoms with E-state index in [1.807, 2.05) is 45.0 Å². The first-order chi connectivity index (χ1) is 16.2. The number of benzene rings is 3. The minimum Gasteiger partial charge on any atom is -0.423 e. The predicted molar refractivity (Wildman–Crippen MR) is 140 cm³/mol. The van der Waals surface area contributed by atoms with Crippen molar-refractivity contribution in [1.29, 1.82) is 0 Å². The molecule has 3 aromatic rings. The Bertz CT molecular complexity index is 1370. The lowest BCUT2D eigenvalue weighted by molar-refractivity contribution is -0.120. The summed E-state index contributed by atoms with van der Waals surface area (Å²) >= 11 is 8.39. The average molecular weight is 587 g/mol. The molecule has 8 heteroatoms. The number of rotatable bonds is 5. The fraction of sp³-hybridized carbons (Fsp3) is 0.115. The van der Waals surface area contributed by atoms with Crippen LogP contribution in [0, 0.1) is 24.3 Å². The zero-order valence-corrected chi connectivity index (χ0v) is 21.5. The van der Waals surface area contributed by atoms with Crippen molar-refractivity contribution in [1.82, 2.24) is 0 Å². The van der Waals surface area contributed by atoms with Gasteiger partial charge in [0, 0.05) is 9.26 Å². The van der Waals surface area contributed by atoms with Gasteiger partial charge in [-0.25, -0.2) is 9.69 Å². The summed E-state index contributed by atoms with van der Waals surface area (Å²) in [5, 5.41) is 2.72. The van der Waals surface area contributed by atoms with E-state index in [-0.39, 0.29) is 10.7 Å². The van der Waals surface area contributed by atoms with Gasteiger partial charge in [0.1, 0.15) is 16.5 Å². The number of hydrogen-bond acceptors (Lipinski definition) is 5. The topological polar surface area (TPSA) is 75.7 Å². The zero-order valence-electron chi connectivity index (χ0n) is 18.6. The van der Waals surface area contributed by atoms with Crippen molar-refractivity contribution in [3.8, 4) is 5.75 Å². The molecule has 34 heavy (non-hydrogen) atoms. The van der Waals surface area contributed by atoms with E-state index in [1.54, 1.807) is 36.4 Å². The number of aryl methyl sites for hydroxylation is 3. The second-order valence-corrected chi connectivity index (χ2v) is 9.55. The Balaban J connectivity index is 1.50. The summed E-state index contributed by atoms with van der Waals surface area (Å²) in [6.07, 6.45) is 0. The van der Waals surface area contributed by atoms with Crippen LogP contribution in [0.1, 0.15) is 27.0 Å². The monoisotopic (exact) mass is 586 g/mol. The molecule has 0 unspecified atom stereocenters. The lowest BCUT2D eigenvalue weighted by Crippen LogP contribution is -2.32. The van der Waals surface area contributed by atoms with Crippen LogP contribution in [0.15, 0.2) is 71.4 Å². The van der Waals surface area contributed by atoms with Crippen LogP contribution >= 0.6 is 34.2 Å². The number of imide groups is 1. The maximum Gasteiger partial charge on any atom is 0.343 e. The standard InChI is InChI=1S/C26H20ClIN2O4/c1-14-4-11-21(16(3)12-14)34-26(33)17-5-8-19(9-6-17)29-23-22(27)24(31)30(25(23)32)20-10-7-18(28)13-15(20)2/h4-13,29H,1-3H3. The fourth-order valence-corrected chi connectivity index (χ4v) is 4.47. The molecule has 0 saturated heterocycles. The van der Waals surface area contributed by atoms with Gasteiger partial charge in [-0.2, -0.15) is 0 Å². The second kappa shape index (κ2) is 9.60. The van der Waals surface area contributed by atoms with E-state index in [0.717, 1.165) is 25.2 Å². The van der Waals surface area contributed by atoms with Crippen molar-refractivity contribution >= 4 is 63.4 Å². The molecule has 1 heterocycles. The Kier molecular flexibility index (Phi) is 6.77. The number of amides is 2. The average Bonchev–Trinajstić information content (AvgIpc) is 2.99. The van der Waals surface area contributed by atoms with E-state index in [0.29, 0.717) is 22.7 Å². The van der Waals surface area contributed by atoms with E-state index in [9.17, 15) is 14.4 Å². The number of esters is 1. The smallest absolute Gasteiger partial charge is 0.343 e. The van der Waals surface area contributed by atoms with E-state index in [1.165, 1.54) is 0 Å². The molecule has 1 aliphatic rings. The minimum atomic E-state index is -0.591. The van der Waals surface area contributed by atoms with Crippen LogP contribution in [0.5, 0.6) is 5.75 Å². The van der Waals surface area contributed by atoms with Crippen LogP contribution in [-0.2, 0) is 9.59 Å². The van der Waals surface area contributed by atoms with Crippen molar-refractivity contribution in [2.45, 2.75) is 20.8 Å². The number of carbonyl (C=O) groups excluding carboxylic acids is 3. The van der Waals surface area contributed by atoms with Gasteiger partial charge in [0.25, 0.3) is 11.8 Å². The SMILES string of the molecule is Cc1ccc(OC(=O)c2ccc(NC3=C(Cl)C(=O)N(c4ccc(I)cc4C)C3=O)cc2)c(C)c1. The molecule has 0 radical (unpaired) electrons. The lowest BCUT2D eigenvalue weighted by Gasteiger charge is -2.17. The van der Waals surface area contributed by atoms with Gasteiger partial charge in [0.05, 0.1) is 11.3 Å². The fourth-order valence-electron chi connectivity index (χ4n) is 3.61. The first-order valence-corrected chi connectivity index (χ1v) is 11.8. The van der Waals surface area contributed by atoms with Crippen LogP contribution in [0.2, 0.25) is 0 Å². The number of halogens is 2. The maximum atomic E-state index is 13.0. The normalized spacial score (nSPS) is 13.5. The van der Waals surface area contributed by atoms with Crippen molar-refractivity contribution in [3.63, 3.8) is 0 Å².